The molecule has 4 rings (SSSR count). The monoisotopic (exact) mass is 527 g/mol. The molecule has 2 aliphatic heterocycles. The largest absolute Gasteiger partial charge is 0.356 e. The topological polar surface area (TPSA) is 69.6 Å². The first-order chi connectivity index (χ1) is 13.9. The zero-order valence-corrected chi connectivity index (χ0v) is 19.6. The first kappa shape index (κ1) is 20.8. The van der Waals surface area contributed by atoms with Crippen molar-refractivity contribution in [2.24, 2.45) is 0 Å². The first-order valence-corrected chi connectivity index (χ1v) is 12.6. The number of sulfonamides is 1. The van der Waals surface area contributed by atoms with Gasteiger partial charge >= 0.3 is 0 Å². The predicted molar refractivity (Wildman–Crippen MR) is 123 cm³/mol. The number of aryl methyl sites for hydroxylation is 1. The van der Waals surface area contributed by atoms with Gasteiger partial charge in [0.1, 0.15) is 17.5 Å². The fourth-order valence-corrected chi connectivity index (χ4v) is 5.68. The maximum Gasteiger partial charge on any atom is 0.243 e. The summed E-state index contributed by atoms with van der Waals surface area (Å²) in [6.45, 7) is 6.16. The zero-order valence-electron chi connectivity index (χ0n) is 16.6. The molecular formula is C20H26IN5O2S. The van der Waals surface area contributed by atoms with Crippen molar-refractivity contribution in [1.82, 2.24) is 14.3 Å². The highest BCUT2D eigenvalue weighted by Crippen LogP contribution is 2.25. The van der Waals surface area contributed by atoms with Gasteiger partial charge in [0, 0.05) is 48.9 Å². The van der Waals surface area contributed by atoms with Crippen LogP contribution in [0.15, 0.2) is 35.2 Å². The smallest absolute Gasteiger partial charge is 0.243 e. The number of piperazine rings is 1. The molecule has 29 heavy (non-hydrogen) atoms. The Morgan fingerprint density at radius 3 is 1.97 bits per heavy atom. The summed E-state index contributed by atoms with van der Waals surface area (Å²) in [5.74, 6) is 2.64. The molecule has 2 saturated heterocycles. The second kappa shape index (κ2) is 8.73. The minimum absolute atomic E-state index is 0.358. The average molecular weight is 527 g/mol. The third-order valence-corrected chi connectivity index (χ3v) is 8.14. The molecule has 7 nitrogen and oxygen atoms in total. The summed E-state index contributed by atoms with van der Waals surface area (Å²) < 4.78 is 28.5. The van der Waals surface area contributed by atoms with Gasteiger partial charge in [-0.15, -0.1) is 0 Å². The first-order valence-electron chi connectivity index (χ1n) is 10.0. The lowest BCUT2D eigenvalue weighted by molar-refractivity contribution is 0.383. The summed E-state index contributed by atoms with van der Waals surface area (Å²) in [6, 6.07) is 9.08. The molecule has 0 aliphatic carbocycles. The molecule has 1 aromatic heterocycles. The van der Waals surface area contributed by atoms with E-state index in [9.17, 15) is 8.42 Å². The van der Waals surface area contributed by atoms with Crippen molar-refractivity contribution in [1.29, 1.82) is 0 Å². The Balaban J connectivity index is 1.47. The standard InChI is InChI=1S/C20H26IN5O2S/c1-16-22-19(24-9-3-2-4-10-24)15-20(23-16)25-11-13-26(14-12-25)29(27,28)18-7-5-17(21)6-8-18/h5-8,15H,2-4,9-14H2,1H3. The number of hydrogen-bond donors (Lipinski definition) is 0. The number of nitrogens with zero attached hydrogens (tertiary/aromatic N) is 5. The maximum atomic E-state index is 12.9. The molecule has 9 heteroatoms. The summed E-state index contributed by atoms with van der Waals surface area (Å²) in [5.41, 5.74) is 0. The molecule has 2 fully saturated rings. The molecule has 0 radical (unpaired) electrons. The van der Waals surface area contributed by atoms with Crippen LogP contribution in [0.5, 0.6) is 0 Å². The number of benzene rings is 1. The molecule has 1 aromatic carbocycles. The van der Waals surface area contributed by atoms with Crippen LogP contribution >= 0.6 is 22.6 Å². The van der Waals surface area contributed by atoms with Gasteiger partial charge in [0.15, 0.2) is 0 Å². The number of anilines is 2. The molecule has 2 aromatic rings. The van der Waals surface area contributed by atoms with Crippen LogP contribution in [0.25, 0.3) is 0 Å². The number of hydrogen-bond acceptors (Lipinski definition) is 6. The molecular weight excluding hydrogens is 501 g/mol. The molecule has 0 amide bonds. The Kier molecular flexibility index (Phi) is 6.26. The van der Waals surface area contributed by atoms with E-state index in [0.717, 1.165) is 34.1 Å². The molecule has 0 bridgehead atoms. The highest BCUT2D eigenvalue weighted by molar-refractivity contribution is 14.1. The van der Waals surface area contributed by atoms with Gasteiger partial charge in [-0.3, -0.25) is 0 Å². The van der Waals surface area contributed by atoms with Gasteiger partial charge < -0.3 is 9.80 Å². The van der Waals surface area contributed by atoms with Crippen LogP contribution in [-0.2, 0) is 10.0 Å². The van der Waals surface area contributed by atoms with Crippen molar-refractivity contribution >= 4 is 44.2 Å². The molecule has 156 valence electrons. The Labute approximate surface area is 186 Å². The van der Waals surface area contributed by atoms with Crippen LogP contribution in [0.4, 0.5) is 11.6 Å². The fraction of sp³-hybridized carbons (Fsp3) is 0.500. The summed E-state index contributed by atoms with van der Waals surface area (Å²) in [5, 5.41) is 0. The van der Waals surface area contributed by atoms with Crippen molar-refractivity contribution in [2.45, 2.75) is 31.1 Å². The molecule has 3 heterocycles. The van der Waals surface area contributed by atoms with E-state index < -0.39 is 10.0 Å². The number of piperidine rings is 1. The second-order valence-electron chi connectivity index (χ2n) is 7.52. The van der Waals surface area contributed by atoms with Gasteiger partial charge in [-0.25, -0.2) is 18.4 Å². The average Bonchev–Trinajstić information content (AvgIpc) is 2.74. The normalized spacial score (nSPS) is 18.8. The van der Waals surface area contributed by atoms with E-state index in [1.54, 1.807) is 16.4 Å². The zero-order chi connectivity index (χ0) is 20.4. The summed E-state index contributed by atoms with van der Waals surface area (Å²) in [7, 11) is -3.46. The maximum absolute atomic E-state index is 12.9. The minimum Gasteiger partial charge on any atom is -0.356 e. The van der Waals surface area contributed by atoms with E-state index in [0.29, 0.717) is 31.1 Å². The van der Waals surface area contributed by atoms with E-state index >= 15 is 0 Å². The summed E-state index contributed by atoms with van der Waals surface area (Å²) >= 11 is 2.18. The van der Waals surface area contributed by atoms with Gasteiger partial charge in [-0.1, -0.05) is 0 Å². The molecule has 0 unspecified atom stereocenters. The van der Waals surface area contributed by atoms with Crippen LogP contribution in [0.3, 0.4) is 0 Å². The van der Waals surface area contributed by atoms with Crippen LogP contribution in [0.2, 0.25) is 0 Å². The molecule has 2 aliphatic rings. The Morgan fingerprint density at radius 1 is 0.828 bits per heavy atom. The molecule has 0 saturated carbocycles. The molecule has 0 N–H and O–H groups in total. The molecule has 0 atom stereocenters. The Bertz CT molecular complexity index is 953. The van der Waals surface area contributed by atoms with Gasteiger partial charge in [-0.05, 0) is 73.0 Å². The quantitative estimate of drug-likeness (QED) is 0.570. The predicted octanol–water partition coefficient (Wildman–Crippen LogP) is 2.89. The lowest BCUT2D eigenvalue weighted by atomic mass is 10.1. The van der Waals surface area contributed by atoms with E-state index in [-0.39, 0.29) is 0 Å². The third kappa shape index (κ3) is 4.66. The van der Waals surface area contributed by atoms with Gasteiger partial charge in [0.05, 0.1) is 4.90 Å². The van der Waals surface area contributed by atoms with Crippen LogP contribution < -0.4 is 9.80 Å². The van der Waals surface area contributed by atoms with E-state index in [4.69, 9.17) is 0 Å². The van der Waals surface area contributed by atoms with Crippen LogP contribution in [0, 0.1) is 10.5 Å². The Morgan fingerprint density at radius 2 is 1.38 bits per heavy atom. The highest BCUT2D eigenvalue weighted by Gasteiger charge is 2.29. The van der Waals surface area contributed by atoms with E-state index in [1.807, 2.05) is 19.1 Å². The SMILES string of the molecule is Cc1nc(N2CCCCC2)cc(N2CCN(S(=O)(=O)c3ccc(I)cc3)CC2)n1. The second-order valence-corrected chi connectivity index (χ2v) is 10.7. The van der Waals surface area contributed by atoms with Gasteiger partial charge in [-0.2, -0.15) is 4.31 Å². The summed E-state index contributed by atoms with van der Waals surface area (Å²) in [4.78, 5) is 14.1. The number of rotatable bonds is 4. The highest BCUT2D eigenvalue weighted by atomic mass is 127. The number of aromatic nitrogens is 2. The lowest BCUT2D eigenvalue weighted by Crippen LogP contribution is -2.49. The van der Waals surface area contributed by atoms with Crippen molar-refractivity contribution in [2.75, 3.05) is 49.1 Å². The van der Waals surface area contributed by atoms with Crippen molar-refractivity contribution < 1.29 is 8.42 Å². The van der Waals surface area contributed by atoms with Crippen molar-refractivity contribution in [3.05, 3.63) is 39.7 Å². The van der Waals surface area contributed by atoms with Crippen molar-refractivity contribution in [3.8, 4) is 0 Å². The van der Waals surface area contributed by atoms with Gasteiger partial charge in [0.2, 0.25) is 10.0 Å². The fourth-order valence-electron chi connectivity index (χ4n) is 3.90. The Hall–Kier alpha value is -1.46. The molecule has 0 spiro atoms. The van der Waals surface area contributed by atoms with E-state index in [1.165, 1.54) is 19.3 Å². The van der Waals surface area contributed by atoms with Crippen molar-refractivity contribution in [3.63, 3.8) is 0 Å². The summed E-state index contributed by atoms with van der Waals surface area (Å²) in [6.07, 6.45) is 3.69. The lowest BCUT2D eigenvalue weighted by Gasteiger charge is -2.35. The minimum atomic E-state index is -3.46. The number of halogens is 1. The van der Waals surface area contributed by atoms with Crippen LogP contribution in [-0.4, -0.2) is 62.0 Å². The van der Waals surface area contributed by atoms with Crippen LogP contribution in [0.1, 0.15) is 25.1 Å². The third-order valence-electron chi connectivity index (χ3n) is 5.51. The van der Waals surface area contributed by atoms with Gasteiger partial charge in [0.25, 0.3) is 0 Å². The van der Waals surface area contributed by atoms with E-state index in [2.05, 4.69) is 48.4 Å².